The Morgan fingerprint density at radius 3 is 2.80 bits per heavy atom. The molecule has 0 aromatic heterocycles. The molecule has 1 fully saturated rings. The summed E-state index contributed by atoms with van der Waals surface area (Å²) in [5.74, 6) is -1.73. The number of carbonyl (C=O) groups is 3. The van der Waals surface area contributed by atoms with Gasteiger partial charge < -0.3 is 15.1 Å². The van der Waals surface area contributed by atoms with E-state index in [1.807, 2.05) is 6.07 Å². The molecule has 0 bridgehead atoms. The van der Waals surface area contributed by atoms with Crippen LogP contribution in [0.5, 0.6) is 0 Å². The highest BCUT2D eigenvalue weighted by molar-refractivity contribution is 6.02. The Morgan fingerprint density at radius 1 is 1.28 bits per heavy atom. The van der Waals surface area contributed by atoms with Crippen molar-refractivity contribution in [2.75, 3.05) is 19.8 Å². The molecule has 8 heteroatoms. The average Bonchev–Trinajstić information content (AvgIpc) is 2.84. The van der Waals surface area contributed by atoms with Gasteiger partial charge in [-0.25, -0.2) is 4.79 Å². The molecular weight excluding hydrogens is 328 g/mol. The SMILES string of the molecule is O=C1CCC([N+]2([O-])Cc3c(CCOCCO)cccc3C2=O)C(=O)N1. The van der Waals surface area contributed by atoms with Crippen LogP contribution in [0.15, 0.2) is 18.2 Å². The zero-order chi connectivity index (χ0) is 18.0. The van der Waals surface area contributed by atoms with Crippen molar-refractivity contribution >= 4 is 17.7 Å². The summed E-state index contributed by atoms with van der Waals surface area (Å²) in [6.45, 7) is 0.409. The lowest BCUT2D eigenvalue weighted by molar-refractivity contribution is -0.825. The zero-order valence-electron chi connectivity index (χ0n) is 13.7. The van der Waals surface area contributed by atoms with E-state index in [-0.39, 0.29) is 32.6 Å². The van der Waals surface area contributed by atoms with Crippen LogP contribution in [-0.2, 0) is 27.3 Å². The van der Waals surface area contributed by atoms with Crippen LogP contribution < -0.4 is 5.32 Å². The van der Waals surface area contributed by atoms with Crippen LogP contribution in [0.1, 0.15) is 34.3 Å². The van der Waals surface area contributed by atoms with Crippen molar-refractivity contribution in [2.24, 2.45) is 0 Å². The number of hydrogen-bond donors (Lipinski definition) is 2. The Hall–Kier alpha value is -2.13. The van der Waals surface area contributed by atoms with E-state index < -0.39 is 28.4 Å². The number of imide groups is 1. The molecule has 0 radical (unpaired) electrons. The van der Waals surface area contributed by atoms with Gasteiger partial charge in [0, 0.05) is 18.4 Å². The highest BCUT2D eigenvalue weighted by Crippen LogP contribution is 2.36. The lowest BCUT2D eigenvalue weighted by Crippen LogP contribution is -2.60. The fourth-order valence-corrected chi connectivity index (χ4v) is 3.45. The number of aliphatic hydroxyl groups excluding tert-OH is 1. The molecule has 134 valence electrons. The molecule has 2 heterocycles. The molecule has 0 saturated carbocycles. The number of fused-ring (bicyclic) bond motifs is 1. The summed E-state index contributed by atoms with van der Waals surface area (Å²) in [7, 11) is 0. The van der Waals surface area contributed by atoms with Gasteiger partial charge in [-0.3, -0.25) is 19.6 Å². The number of benzene rings is 1. The van der Waals surface area contributed by atoms with E-state index in [0.717, 1.165) is 5.56 Å². The van der Waals surface area contributed by atoms with Gasteiger partial charge in [0.15, 0.2) is 6.04 Å². The number of hydroxylamine groups is 3. The second-order valence-corrected chi connectivity index (χ2v) is 6.25. The van der Waals surface area contributed by atoms with E-state index in [9.17, 15) is 19.6 Å². The van der Waals surface area contributed by atoms with Crippen LogP contribution in [0.25, 0.3) is 0 Å². The van der Waals surface area contributed by atoms with Crippen LogP contribution in [0.4, 0.5) is 0 Å². The first-order chi connectivity index (χ1) is 12.0. The summed E-state index contributed by atoms with van der Waals surface area (Å²) in [6, 6.07) is 4.03. The molecule has 2 N–H and O–H groups in total. The van der Waals surface area contributed by atoms with Crippen LogP contribution >= 0.6 is 0 Å². The van der Waals surface area contributed by atoms with Crippen molar-refractivity contribution < 1.29 is 28.9 Å². The van der Waals surface area contributed by atoms with Gasteiger partial charge in [-0.1, -0.05) is 12.1 Å². The van der Waals surface area contributed by atoms with Crippen molar-refractivity contribution in [2.45, 2.75) is 31.8 Å². The number of aliphatic hydroxyl groups is 1. The first kappa shape index (κ1) is 17.7. The normalized spacial score (nSPS) is 25.8. The fraction of sp³-hybridized carbons (Fsp3) is 0.471. The lowest BCUT2D eigenvalue weighted by atomic mass is 10.0. The van der Waals surface area contributed by atoms with Crippen molar-refractivity contribution in [1.29, 1.82) is 0 Å². The summed E-state index contributed by atoms with van der Waals surface area (Å²) in [6.07, 6.45) is 0.638. The number of hydrogen-bond acceptors (Lipinski definition) is 6. The third kappa shape index (κ3) is 3.21. The summed E-state index contributed by atoms with van der Waals surface area (Å²) >= 11 is 0. The van der Waals surface area contributed by atoms with Crippen LogP contribution in [0, 0.1) is 5.21 Å². The summed E-state index contributed by atoms with van der Waals surface area (Å²) < 4.78 is 3.98. The van der Waals surface area contributed by atoms with E-state index in [4.69, 9.17) is 9.84 Å². The standard InChI is InChI=1S/C17H20N2O6/c20-7-9-25-8-6-11-2-1-3-12-13(11)10-19(24,17(12)23)14-4-5-15(21)18-16(14)22/h1-3,14,20H,4-10H2,(H,18,21,22). The number of nitrogens with zero attached hydrogens (tertiary/aromatic N) is 1. The predicted octanol–water partition coefficient (Wildman–Crippen LogP) is 0.0116. The molecule has 2 aliphatic heterocycles. The fourth-order valence-electron chi connectivity index (χ4n) is 3.45. The Bertz CT molecular complexity index is 719. The van der Waals surface area contributed by atoms with E-state index in [1.54, 1.807) is 12.1 Å². The Kier molecular flexibility index (Phi) is 4.96. The molecule has 0 spiro atoms. The van der Waals surface area contributed by atoms with Gasteiger partial charge in [0.2, 0.25) is 5.91 Å². The topological polar surface area (TPSA) is 116 Å². The van der Waals surface area contributed by atoms with Gasteiger partial charge in [0.05, 0.1) is 25.4 Å². The van der Waals surface area contributed by atoms with Gasteiger partial charge in [-0.2, -0.15) is 0 Å². The molecule has 8 nitrogen and oxygen atoms in total. The summed E-state index contributed by atoms with van der Waals surface area (Å²) in [5.41, 5.74) is 1.80. The van der Waals surface area contributed by atoms with E-state index in [1.165, 1.54) is 0 Å². The average molecular weight is 348 g/mol. The smallest absolute Gasteiger partial charge is 0.347 e. The Labute approximate surface area is 144 Å². The minimum absolute atomic E-state index is 0.0597. The summed E-state index contributed by atoms with van der Waals surface area (Å²) in [4.78, 5) is 36.1. The number of ether oxygens (including phenoxy) is 1. The van der Waals surface area contributed by atoms with Gasteiger partial charge >= 0.3 is 5.91 Å². The second kappa shape index (κ2) is 7.01. The first-order valence-electron chi connectivity index (χ1n) is 8.24. The minimum Gasteiger partial charge on any atom is -0.624 e. The quantitative estimate of drug-likeness (QED) is 0.324. The van der Waals surface area contributed by atoms with Crippen molar-refractivity contribution in [3.05, 3.63) is 40.1 Å². The maximum Gasteiger partial charge on any atom is 0.347 e. The predicted molar refractivity (Wildman–Crippen MR) is 85.9 cm³/mol. The molecule has 25 heavy (non-hydrogen) atoms. The van der Waals surface area contributed by atoms with E-state index in [2.05, 4.69) is 5.32 Å². The highest BCUT2D eigenvalue weighted by Gasteiger charge is 2.49. The molecule has 3 rings (SSSR count). The number of nitrogens with one attached hydrogen (secondary N) is 1. The third-order valence-corrected chi connectivity index (χ3v) is 4.71. The molecule has 1 aromatic carbocycles. The molecule has 1 aromatic rings. The van der Waals surface area contributed by atoms with Gasteiger partial charge in [-0.15, -0.1) is 0 Å². The molecule has 3 amide bonds. The lowest BCUT2D eigenvalue weighted by Gasteiger charge is -2.42. The van der Waals surface area contributed by atoms with Gasteiger partial charge in [0.25, 0.3) is 5.91 Å². The highest BCUT2D eigenvalue weighted by atomic mass is 16.6. The second-order valence-electron chi connectivity index (χ2n) is 6.25. The maximum absolute atomic E-state index is 13.2. The van der Waals surface area contributed by atoms with Crippen LogP contribution in [0.2, 0.25) is 0 Å². The van der Waals surface area contributed by atoms with Crippen molar-refractivity contribution in [3.63, 3.8) is 0 Å². The maximum atomic E-state index is 13.2. The Morgan fingerprint density at radius 2 is 2.08 bits per heavy atom. The molecule has 2 aliphatic rings. The molecule has 1 saturated heterocycles. The largest absolute Gasteiger partial charge is 0.624 e. The summed E-state index contributed by atoms with van der Waals surface area (Å²) in [5, 5.41) is 24.1. The number of amides is 3. The van der Waals surface area contributed by atoms with Crippen molar-refractivity contribution in [3.8, 4) is 0 Å². The van der Waals surface area contributed by atoms with Gasteiger partial charge in [0.1, 0.15) is 6.54 Å². The number of rotatable bonds is 6. The third-order valence-electron chi connectivity index (χ3n) is 4.71. The van der Waals surface area contributed by atoms with E-state index >= 15 is 0 Å². The number of carbonyl (C=O) groups excluding carboxylic acids is 3. The number of piperidine rings is 1. The van der Waals surface area contributed by atoms with Gasteiger partial charge in [-0.05, 0) is 18.1 Å². The Balaban J connectivity index is 1.82. The molecular formula is C17H20N2O6. The molecule has 2 atom stereocenters. The first-order valence-corrected chi connectivity index (χ1v) is 8.24. The zero-order valence-corrected chi connectivity index (χ0v) is 13.7. The molecule has 2 unspecified atom stereocenters. The van der Waals surface area contributed by atoms with Crippen LogP contribution in [-0.4, -0.2) is 53.3 Å². The van der Waals surface area contributed by atoms with E-state index in [0.29, 0.717) is 24.2 Å². The minimum atomic E-state index is -1.27. The number of quaternary nitrogens is 1. The monoisotopic (exact) mass is 348 g/mol. The molecule has 0 aliphatic carbocycles. The van der Waals surface area contributed by atoms with Crippen molar-refractivity contribution in [1.82, 2.24) is 5.32 Å². The van der Waals surface area contributed by atoms with Crippen LogP contribution in [0.3, 0.4) is 0 Å².